The number of benzene rings is 7. The fraction of sp³-hybridized carbons (Fsp3) is 0. The molecule has 3 aromatic heterocycles. The number of anilines is 3. The van der Waals surface area contributed by atoms with Crippen LogP contribution in [0.5, 0.6) is 0 Å². The molecule has 0 amide bonds. The van der Waals surface area contributed by atoms with Gasteiger partial charge in [-0.15, -0.1) is 22.7 Å². The molecule has 0 fully saturated rings. The summed E-state index contributed by atoms with van der Waals surface area (Å²) in [6.45, 7) is 0. The number of nitrogens with zero attached hydrogens (tertiary/aromatic N) is 1. The molecular formula is C40H23NOS2. The molecule has 44 heavy (non-hydrogen) atoms. The number of furan rings is 1. The topological polar surface area (TPSA) is 16.4 Å². The second-order valence-electron chi connectivity index (χ2n) is 11.3. The van der Waals surface area contributed by atoms with Crippen molar-refractivity contribution in [1.29, 1.82) is 0 Å². The largest absolute Gasteiger partial charge is 0.453 e. The summed E-state index contributed by atoms with van der Waals surface area (Å²) in [5.74, 6) is 0. The first-order valence-electron chi connectivity index (χ1n) is 14.8. The van der Waals surface area contributed by atoms with Crippen LogP contribution >= 0.6 is 22.7 Å². The Kier molecular flexibility index (Phi) is 5.06. The highest BCUT2D eigenvalue weighted by Crippen LogP contribution is 2.51. The Morgan fingerprint density at radius 1 is 0.386 bits per heavy atom. The van der Waals surface area contributed by atoms with Gasteiger partial charge in [0, 0.05) is 51.8 Å². The van der Waals surface area contributed by atoms with Gasteiger partial charge in [0.05, 0.1) is 21.8 Å². The van der Waals surface area contributed by atoms with Crippen LogP contribution in [0.4, 0.5) is 17.1 Å². The molecule has 0 radical (unpaired) electrons. The summed E-state index contributed by atoms with van der Waals surface area (Å²) in [5, 5.41) is 9.70. The van der Waals surface area contributed by atoms with E-state index in [-0.39, 0.29) is 0 Å². The molecule has 4 heteroatoms. The fourth-order valence-electron chi connectivity index (χ4n) is 6.93. The molecule has 0 aliphatic rings. The van der Waals surface area contributed by atoms with Gasteiger partial charge in [-0.25, -0.2) is 0 Å². The third kappa shape index (κ3) is 3.35. The van der Waals surface area contributed by atoms with E-state index in [1.807, 2.05) is 22.7 Å². The summed E-state index contributed by atoms with van der Waals surface area (Å²) in [5.41, 5.74) is 5.18. The lowest BCUT2D eigenvalue weighted by Crippen LogP contribution is -2.10. The molecule has 0 unspecified atom stereocenters. The van der Waals surface area contributed by atoms with Crippen molar-refractivity contribution in [2.75, 3.05) is 4.90 Å². The predicted molar refractivity (Wildman–Crippen MR) is 192 cm³/mol. The molecule has 3 heterocycles. The van der Waals surface area contributed by atoms with E-state index in [1.54, 1.807) is 0 Å². The number of thiophene rings is 2. The second kappa shape index (κ2) is 9.17. The zero-order valence-corrected chi connectivity index (χ0v) is 25.1. The number of rotatable bonds is 3. The van der Waals surface area contributed by atoms with Crippen molar-refractivity contribution in [3.8, 4) is 0 Å². The Hall–Kier alpha value is -5.16. The van der Waals surface area contributed by atoms with E-state index in [0.717, 1.165) is 44.4 Å². The Balaban J connectivity index is 1.36. The highest BCUT2D eigenvalue weighted by Gasteiger charge is 2.25. The molecule has 0 saturated heterocycles. The normalized spacial score (nSPS) is 12.1. The van der Waals surface area contributed by atoms with Crippen molar-refractivity contribution in [3.05, 3.63) is 140 Å². The van der Waals surface area contributed by atoms with E-state index in [9.17, 15) is 0 Å². The Labute approximate surface area is 260 Å². The van der Waals surface area contributed by atoms with Gasteiger partial charge in [0.25, 0.3) is 0 Å². The van der Waals surface area contributed by atoms with Crippen LogP contribution in [0, 0.1) is 0 Å². The van der Waals surface area contributed by atoms with Gasteiger partial charge in [-0.05, 0) is 47.9 Å². The van der Waals surface area contributed by atoms with Crippen molar-refractivity contribution >= 4 is 113 Å². The van der Waals surface area contributed by atoms with Crippen LogP contribution in [0.25, 0.3) is 73.1 Å². The van der Waals surface area contributed by atoms with Crippen LogP contribution in [0.1, 0.15) is 0 Å². The Morgan fingerprint density at radius 2 is 1.00 bits per heavy atom. The zero-order valence-electron chi connectivity index (χ0n) is 23.5. The summed E-state index contributed by atoms with van der Waals surface area (Å²) >= 11 is 3.71. The van der Waals surface area contributed by atoms with Crippen LogP contribution < -0.4 is 4.90 Å². The first kappa shape index (κ1) is 24.3. The minimum atomic E-state index is 0.897. The summed E-state index contributed by atoms with van der Waals surface area (Å²) in [6, 6.07) is 50.4. The van der Waals surface area contributed by atoms with Crippen molar-refractivity contribution in [1.82, 2.24) is 0 Å². The average Bonchev–Trinajstić information content (AvgIpc) is 3.77. The van der Waals surface area contributed by atoms with Gasteiger partial charge in [0.1, 0.15) is 5.58 Å². The van der Waals surface area contributed by atoms with Gasteiger partial charge in [0.15, 0.2) is 5.58 Å². The molecule has 2 nitrogen and oxygen atoms in total. The predicted octanol–water partition coefficient (Wildman–Crippen LogP) is 12.9. The molecule has 7 aromatic carbocycles. The average molecular weight is 598 g/mol. The second-order valence-corrected chi connectivity index (χ2v) is 13.4. The molecule has 0 aliphatic heterocycles. The monoisotopic (exact) mass is 597 g/mol. The summed E-state index contributed by atoms with van der Waals surface area (Å²) in [7, 11) is 0. The molecule has 0 aliphatic carbocycles. The lowest BCUT2D eigenvalue weighted by molar-refractivity contribution is 0.673. The van der Waals surface area contributed by atoms with Crippen molar-refractivity contribution in [2.24, 2.45) is 0 Å². The zero-order chi connectivity index (χ0) is 28.8. The van der Waals surface area contributed by atoms with E-state index >= 15 is 0 Å². The number of hydrogen-bond donors (Lipinski definition) is 0. The maximum atomic E-state index is 6.94. The van der Waals surface area contributed by atoms with E-state index in [2.05, 4.69) is 144 Å². The van der Waals surface area contributed by atoms with Crippen molar-refractivity contribution < 1.29 is 4.42 Å². The quantitative estimate of drug-likeness (QED) is 0.201. The van der Waals surface area contributed by atoms with E-state index in [0.29, 0.717) is 0 Å². The number of fused-ring (bicyclic) bond motifs is 11. The van der Waals surface area contributed by atoms with Crippen LogP contribution in [0.3, 0.4) is 0 Å². The van der Waals surface area contributed by atoms with Gasteiger partial charge in [-0.1, -0.05) is 97.1 Å². The molecule has 0 N–H and O–H groups in total. The maximum Gasteiger partial charge on any atom is 0.159 e. The smallest absolute Gasteiger partial charge is 0.159 e. The summed E-state index contributed by atoms with van der Waals surface area (Å²) in [4.78, 5) is 2.45. The summed E-state index contributed by atoms with van der Waals surface area (Å²) < 4.78 is 12.1. The molecule has 206 valence electrons. The molecule has 10 rings (SSSR count). The third-order valence-electron chi connectivity index (χ3n) is 8.85. The minimum Gasteiger partial charge on any atom is -0.453 e. The number of hydrogen-bond acceptors (Lipinski definition) is 4. The summed E-state index contributed by atoms with van der Waals surface area (Å²) in [6.07, 6.45) is 0. The van der Waals surface area contributed by atoms with Gasteiger partial charge in [-0.2, -0.15) is 0 Å². The standard InChI is InChI=1S/C40H23NOS2/c1-2-11-25-24(10-1)22-23-28-27-14-7-17-32(39(27)42-38(25)28)41(31-16-9-21-36-37(31)30-13-4-6-20-35(30)43-36)33-18-8-15-29-26-12-3-5-19-34(26)44-40(29)33/h1-23H. The van der Waals surface area contributed by atoms with Gasteiger partial charge in [0.2, 0.25) is 0 Å². The molecule has 0 saturated carbocycles. The lowest BCUT2D eigenvalue weighted by atomic mass is 10.0. The minimum absolute atomic E-state index is 0.897. The van der Waals surface area contributed by atoms with Crippen LogP contribution in [0.2, 0.25) is 0 Å². The fourth-order valence-corrected chi connectivity index (χ4v) is 9.26. The first-order valence-corrected chi connectivity index (χ1v) is 16.4. The van der Waals surface area contributed by atoms with Crippen LogP contribution in [0.15, 0.2) is 144 Å². The SMILES string of the molecule is c1ccc2c(c1)ccc1c3cccc(N(c4cccc5c4sc4ccccc45)c4cccc5sc6ccccc6c45)c3oc21. The highest BCUT2D eigenvalue weighted by molar-refractivity contribution is 7.26. The molecule has 0 bridgehead atoms. The van der Waals surface area contributed by atoms with Crippen LogP contribution in [-0.2, 0) is 0 Å². The van der Waals surface area contributed by atoms with Gasteiger partial charge < -0.3 is 9.32 Å². The van der Waals surface area contributed by atoms with E-state index < -0.39 is 0 Å². The lowest BCUT2D eigenvalue weighted by Gasteiger charge is -2.27. The van der Waals surface area contributed by atoms with Crippen LogP contribution in [-0.4, -0.2) is 0 Å². The molecule has 10 aromatic rings. The Morgan fingerprint density at radius 3 is 1.89 bits per heavy atom. The maximum absolute atomic E-state index is 6.94. The first-order chi connectivity index (χ1) is 21.8. The van der Waals surface area contributed by atoms with Crippen molar-refractivity contribution in [2.45, 2.75) is 0 Å². The Bertz CT molecular complexity index is 2750. The molecular weight excluding hydrogens is 575 g/mol. The number of para-hydroxylation sites is 1. The molecule has 0 atom stereocenters. The molecule has 0 spiro atoms. The van der Waals surface area contributed by atoms with Crippen molar-refractivity contribution in [3.63, 3.8) is 0 Å². The van der Waals surface area contributed by atoms with Gasteiger partial charge in [-0.3, -0.25) is 0 Å². The van der Waals surface area contributed by atoms with E-state index in [1.165, 1.54) is 45.7 Å². The third-order valence-corrected chi connectivity index (χ3v) is 11.2. The van der Waals surface area contributed by atoms with E-state index in [4.69, 9.17) is 4.42 Å². The van der Waals surface area contributed by atoms with Gasteiger partial charge >= 0.3 is 0 Å². The highest BCUT2D eigenvalue weighted by atomic mass is 32.1.